The Balaban J connectivity index is 0.000000147. The van der Waals surface area contributed by atoms with Crippen LogP contribution in [0.15, 0.2) is 109 Å². The predicted octanol–water partition coefficient (Wildman–Crippen LogP) is 9.89. The quantitative estimate of drug-likeness (QED) is 0.199. The first-order valence-electron chi connectivity index (χ1n) is 16.2. The minimum Gasteiger partial charge on any atom is -0.398 e. The number of hydrogen-bond acceptors (Lipinski definition) is 5. The highest BCUT2D eigenvalue weighted by atomic mass is 35.5. The van der Waals surface area contributed by atoms with Gasteiger partial charge in [0.2, 0.25) is 0 Å². The predicted molar refractivity (Wildman–Crippen MR) is 187 cm³/mol. The van der Waals surface area contributed by atoms with Crippen LogP contribution in [-0.2, 0) is 35.5 Å². The summed E-state index contributed by atoms with van der Waals surface area (Å²) in [4.78, 5) is 9.73. The molecule has 0 fully saturated rings. The van der Waals surface area contributed by atoms with Gasteiger partial charge in [0.1, 0.15) is 12.2 Å². The molecular weight excluding hydrogens is 590 g/mol. The number of rotatable bonds is 6. The maximum atomic E-state index is 6.65. The fraction of sp³-hybridized carbons (Fsp3) is 0.250. The van der Waals surface area contributed by atoms with E-state index in [-0.39, 0.29) is 12.2 Å². The van der Waals surface area contributed by atoms with Crippen molar-refractivity contribution in [2.45, 2.75) is 63.9 Å². The summed E-state index contributed by atoms with van der Waals surface area (Å²) in [5.74, 6) is 0. The number of hydrogen-bond donors (Lipinski definition) is 1. The molecule has 0 bridgehead atoms. The molecule has 0 aliphatic heterocycles. The molecule has 6 aromatic rings. The molecule has 0 saturated heterocycles. The van der Waals surface area contributed by atoms with Crippen LogP contribution in [0.1, 0.15) is 71.5 Å². The Hall–Kier alpha value is -4.29. The normalized spacial score (nSPS) is 17.2. The van der Waals surface area contributed by atoms with Crippen molar-refractivity contribution >= 4 is 39.1 Å². The topological polar surface area (TPSA) is 70.3 Å². The van der Waals surface area contributed by atoms with Crippen molar-refractivity contribution in [2.24, 2.45) is 0 Å². The highest BCUT2D eigenvalue weighted by Gasteiger charge is 2.27. The van der Waals surface area contributed by atoms with E-state index >= 15 is 0 Å². The molecule has 2 aliphatic carbocycles. The highest BCUT2D eigenvalue weighted by Crippen LogP contribution is 2.39. The van der Waals surface area contributed by atoms with Crippen molar-refractivity contribution in [3.8, 4) is 0 Å². The maximum Gasteiger partial charge on any atom is 0.100 e. The van der Waals surface area contributed by atoms with Gasteiger partial charge in [0.15, 0.2) is 0 Å². The molecule has 5 nitrogen and oxygen atoms in total. The molecule has 2 N–H and O–H groups in total. The molecule has 2 aliphatic rings. The summed E-state index contributed by atoms with van der Waals surface area (Å²) in [6, 6.07) is 36.7. The van der Waals surface area contributed by atoms with Gasteiger partial charge in [0, 0.05) is 16.5 Å². The standard InChI is InChI=1S/C20H18ClNO.C20H20N2O/c2*21-19-15-9-4-5-11-17(15)22-20-16(19)10-6-12-18(20)23-13-14-7-2-1-3-8-14/h1-5,7-9,11,18H,6,10,12-13H2;1-5,7-9,11,18H,6,10,12-13H2,(H2,21,22). The third-order valence-electron chi connectivity index (χ3n) is 9.01. The summed E-state index contributed by atoms with van der Waals surface area (Å²) >= 11 is 6.65. The molecule has 46 heavy (non-hydrogen) atoms. The zero-order chi connectivity index (χ0) is 31.3. The molecule has 232 valence electrons. The number of pyridine rings is 2. The lowest BCUT2D eigenvalue weighted by atomic mass is 9.91. The Morgan fingerprint density at radius 2 is 1.04 bits per heavy atom. The largest absolute Gasteiger partial charge is 0.398 e. The molecule has 2 aromatic heterocycles. The fourth-order valence-corrected chi connectivity index (χ4v) is 6.98. The second-order valence-electron chi connectivity index (χ2n) is 12.1. The van der Waals surface area contributed by atoms with Gasteiger partial charge in [0.05, 0.1) is 40.7 Å². The van der Waals surface area contributed by atoms with E-state index in [0.717, 1.165) is 88.0 Å². The number of nitrogen functional groups attached to an aromatic ring is 1. The third kappa shape index (κ3) is 6.50. The summed E-state index contributed by atoms with van der Waals surface area (Å²) in [6.45, 7) is 1.22. The summed E-state index contributed by atoms with van der Waals surface area (Å²) in [7, 11) is 0. The number of para-hydroxylation sites is 2. The summed E-state index contributed by atoms with van der Waals surface area (Å²) in [5.41, 5.74) is 16.0. The van der Waals surface area contributed by atoms with E-state index < -0.39 is 0 Å². The lowest BCUT2D eigenvalue weighted by Gasteiger charge is -2.26. The second-order valence-corrected chi connectivity index (χ2v) is 12.4. The minimum absolute atomic E-state index is 0.0288. The van der Waals surface area contributed by atoms with Crippen molar-refractivity contribution in [3.05, 3.63) is 148 Å². The number of benzene rings is 4. The Kier molecular flexibility index (Phi) is 9.24. The smallest absolute Gasteiger partial charge is 0.100 e. The lowest BCUT2D eigenvalue weighted by Crippen LogP contribution is -2.17. The number of halogens is 1. The third-order valence-corrected chi connectivity index (χ3v) is 9.44. The van der Waals surface area contributed by atoms with Crippen molar-refractivity contribution in [2.75, 3.05) is 5.73 Å². The van der Waals surface area contributed by atoms with Crippen LogP contribution in [0.5, 0.6) is 0 Å². The fourth-order valence-electron chi connectivity index (χ4n) is 6.63. The molecule has 8 rings (SSSR count). The van der Waals surface area contributed by atoms with Crippen LogP contribution in [0.4, 0.5) is 5.69 Å². The van der Waals surface area contributed by atoms with Crippen molar-refractivity contribution in [1.82, 2.24) is 9.97 Å². The van der Waals surface area contributed by atoms with Crippen molar-refractivity contribution < 1.29 is 9.47 Å². The monoisotopic (exact) mass is 627 g/mol. The first-order chi connectivity index (χ1) is 22.7. The zero-order valence-electron chi connectivity index (χ0n) is 25.9. The Bertz CT molecular complexity index is 1810. The van der Waals surface area contributed by atoms with E-state index in [1.54, 1.807) is 0 Å². The van der Waals surface area contributed by atoms with E-state index in [1.807, 2.05) is 84.9 Å². The first kappa shape index (κ1) is 30.4. The Morgan fingerprint density at radius 3 is 1.63 bits per heavy atom. The van der Waals surface area contributed by atoms with Gasteiger partial charge in [0.25, 0.3) is 0 Å². The number of nitrogens with two attached hydrogens (primary N) is 1. The number of aromatic nitrogens is 2. The van der Waals surface area contributed by atoms with Crippen LogP contribution in [0.2, 0.25) is 5.02 Å². The number of nitrogens with zero attached hydrogens (tertiary/aromatic N) is 2. The average Bonchev–Trinajstić information content (AvgIpc) is 3.11. The van der Waals surface area contributed by atoms with Crippen molar-refractivity contribution in [3.63, 3.8) is 0 Å². The number of fused-ring (bicyclic) bond motifs is 4. The minimum atomic E-state index is 0.0288. The van der Waals surface area contributed by atoms with Gasteiger partial charge in [-0.25, -0.2) is 9.97 Å². The number of ether oxygens (including phenoxy) is 2. The van der Waals surface area contributed by atoms with Gasteiger partial charge in [-0.1, -0.05) is 109 Å². The summed E-state index contributed by atoms with van der Waals surface area (Å²) in [6.07, 6.45) is 6.23. The molecule has 0 saturated carbocycles. The Labute approximate surface area is 275 Å². The summed E-state index contributed by atoms with van der Waals surface area (Å²) < 4.78 is 12.4. The molecule has 0 radical (unpaired) electrons. The zero-order valence-corrected chi connectivity index (χ0v) is 26.6. The molecule has 2 heterocycles. The van der Waals surface area contributed by atoms with E-state index in [2.05, 4.69) is 24.3 Å². The van der Waals surface area contributed by atoms with Gasteiger partial charge >= 0.3 is 0 Å². The first-order valence-corrected chi connectivity index (χ1v) is 16.6. The van der Waals surface area contributed by atoms with Crippen LogP contribution >= 0.6 is 11.6 Å². The van der Waals surface area contributed by atoms with E-state index in [0.29, 0.717) is 13.2 Å². The van der Waals surface area contributed by atoms with Crippen molar-refractivity contribution in [1.29, 1.82) is 0 Å². The molecule has 6 heteroatoms. The van der Waals surface area contributed by atoms with Crippen LogP contribution in [0.3, 0.4) is 0 Å². The highest BCUT2D eigenvalue weighted by molar-refractivity contribution is 6.36. The van der Waals surface area contributed by atoms with E-state index in [1.165, 1.54) is 16.7 Å². The summed E-state index contributed by atoms with van der Waals surface area (Å²) in [5, 5.41) is 2.94. The second kappa shape index (κ2) is 14.0. The van der Waals surface area contributed by atoms with Gasteiger partial charge in [-0.3, -0.25) is 0 Å². The van der Waals surface area contributed by atoms with Crippen LogP contribution in [-0.4, -0.2) is 9.97 Å². The van der Waals surface area contributed by atoms with Gasteiger partial charge in [-0.15, -0.1) is 0 Å². The van der Waals surface area contributed by atoms with Crippen LogP contribution < -0.4 is 5.73 Å². The van der Waals surface area contributed by atoms with E-state index in [4.69, 9.17) is 36.8 Å². The Morgan fingerprint density at radius 1 is 0.587 bits per heavy atom. The van der Waals surface area contributed by atoms with Crippen LogP contribution in [0, 0.1) is 0 Å². The SMILES string of the molecule is Clc1c2c(nc3ccccc13)C(OCc1ccccc1)CCC2.Nc1c2c(nc3ccccc13)C(OCc1ccccc1)CCC2. The van der Waals surface area contributed by atoms with Gasteiger partial charge < -0.3 is 15.2 Å². The van der Waals surface area contributed by atoms with Gasteiger partial charge in [-0.05, 0) is 72.9 Å². The number of anilines is 1. The molecule has 0 spiro atoms. The molecule has 2 atom stereocenters. The molecule has 2 unspecified atom stereocenters. The maximum absolute atomic E-state index is 6.65. The molecular formula is C40H38ClN3O2. The van der Waals surface area contributed by atoms with Gasteiger partial charge in [-0.2, -0.15) is 0 Å². The van der Waals surface area contributed by atoms with E-state index in [9.17, 15) is 0 Å². The molecule has 0 amide bonds. The van der Waals surface area contributed by atoms with Crippen LogP contribution in [0.25, 0.3) is 21.8 Å². The lowest BCUT2D eigenvalue weighted by molar-refractivity contribution is 0.0255. The molecule has 4 aromatic carbocycles. The average molecular weight is 628 g/mol.